The summed E-state index contributed by atoms with van der Waals surface area (Å²) in [6.45, 7) is 0.722. The van der Waals surface area contributed by atoms with E-state index < -0.39 is 0 Å². The van der Waals surface area contributed by atoms with Gasteiger partial charge in [-0.1, -0.05) is 35.5 Å². The van der Waals surface area contributed by atoms with Gasteiger partial charge in [0.2, 0.25) is 0 Å². The molecule has 3 nitrogen and oxygen atoms in total. The lowest BCUT2D eigenvalue weighted by Gasteiger charge is -2.01. The highest BCUT2D eigenvalue weighted by Crippen LogP contribution is 2.19. The molecule has 0 N–H and O–H groups in total. The SMILES string of the molecule is Brc1nnn(Cc2ccccc2)c1Br. The molecule has 2 rings (SSSR count). The molecule has 14 heavy (non-hydrogen) atoms. The van der Waals surface area contributed by atoms with Gasteiger partial charge in [0, 0.05) is 0 Å². The minimum atomic E-state index is 0.722. The number of benzene rings is 1. The first-order chi connectivity index (χ1) is 6.77. The normalized spacial score (nSPS) is 10.4. The summed E-state index contributed by atoms with van der Waals surface area (Å²) in [6.07, 6.45) is 0. The molecule has 5 heteroatoms. The van der Waals surface area contributed by atoms with Gasteiger partial charge in [-0.3, -0.25) is 0 Å². The van der Waals surface area contributed by atoms with Gasteiger partial charge in [-0.05, 0) is 37.4 Å². The number of hydrogen-bond acceptors (Lipinski definition) is 2. The van der Waals surface area contributed by atoms with Crippen LogP contribution < -0.4 is 0 Å². The van der Waals surface area contributed by atoms with Gasteiger partial charge in [0.05, 0.1) is 6.54 Å². The standard InChI is InChI=1S/C9H7Br2N3/c10-8-9(11)14(13-12-8)6-7-4-2-1-3-5-7/h1-5H,6H2. The number of nitrogens with zero attached hydrogens (tertiary/aromatic N) is 3. The Kier molecular flexibility index (Phi) is 2.98. The largest absolute Gasteiger partial charge is 0.233 e. The van der Waals surface area contributed by atoms with Crippen molar-refractivity contribution in [2.24, 2.45) is 0 Å². The Bertz CT molecular complexity index is 425. The lowest BCUT2D eigenvalue weighted by atomic mass is 10.2. The zero-order valence-electron chi connectivity index (χ0n) is 7.19. The van der Waals surface area contributed by atoms with Gasteiger partial charge in [0.25, 0.3) is 0 Å². The van der Waals surface area contributed by atoms with Crippen LogP contribution in [0.1, 0.15) is 5.56 Å². The van der Waals surface area contributed by atoms with E-state index in [1.54, 1.807) is 4.68 Å². The number of rotatable bonds is 2. The van der Waals surface area contributed by atoms with Crippen LogP contribution >= 0.6 is 31.9 Å². The van der Waals surface area contributed by atoms with Gasteiger partial charge in [0.15, 0.2) is 4.60 Å². The van der Waals surface area contributed by atoms with E-state index in [2.05, 4.69) is 54.3 Å². The lowest BCUT2D eigenvalue weighted by molar-refractivity contribution is 0.638. The van der Waals surface area contributed by atoms with Gasteiger partial charge in [-0.25, -0.2) is 4.68 Å². The summed E-state index contributed by atoms with van der Waals surface area (Å²) in [6, 6.07) is 10.1. The Morgan fingerprint density at radius 2 is 1.86 bits per heavy atom. The molecule has 1 aromatic heterocycles. The van der Waals surface area contributed by atoms with Gasteiger partial charge >= 0.3 is 0 Å². The summed E-state index contributed by atoms with van der Waals surface area (Å²) in [7, 11) is 0. The molecule has 1 aromatic carbocycles. The van der Waals surface area contributed by atoms with Crippen LogP contribution in [0.4, 0.5) is 0 Å². The van der Waals surface area contributed by atoms with Crippen molar-refractivity contribution in [2.75, 3.05) is 0 Å². The Hall–Kier alpha value is -0.680. The van der Waals surface area contributed by atoms with E-state index in [4.69, 9.17) is 0 Å². The van der Waals surface area contributed by atoms with E-state index in [1.807, 2.05) is 18.2 Å². The molecule has 0 fully saturated rings. The van der Waals surface area contributed by atoms with Crippen molar-refractivity contribution in [2.45, 2.75) is 6.54 Å². The van der Waals surface area contributed by atoms with Gasteiger partial charge in [-0.15, -0.1) is 5.10 Å². The minimum Gasteiger partial charge on any atom is -0.233 e. The van der Waals surface area contributed by atoms with Crippen LogP contribution in [0.5, 0.6) is 0 Å². The predicted octanol–water partition coefficient (Wildman–Crippen LogP) is 2.85. The molecule has 0 radical (unpaired) electrons. The Morgan fingerprint density at radius 3 is 2.43 bits per heavy atom. The zero-order valence-corrected chi connectivity index (χ0v) is 10.4. The van der Waals surface area contributed by atoms with Crippen LogP contribution in [0.25, 0.3) is 0 Å². The summed E-state index contributed by atoms with van der Waals surface area (Å²) >= 11 is 6.69. The molecule has 0 aliphatic carbocycles. The summed E-state index contributed by atoms with van der Waals surface area (Å²) in [5, 5.41) is 7.88. The Balaban J connectivity index is 2.23. The second-order valence-electron chi connectivity index (χ2n) is 2.81. The smallest absolute Gasteiger partial charge is 0.162 e. The van der Waals surface area contributed by atoms with E-state index in [1.165, 1.54) is 5.56 Å². The Morgan fingerprint density at radius 1 is 1.14 bits per heavy atom. The van der Waals surface area contributed by atoms with Crippen molar-refractivity contribution in [1.29, 1.82) is 0 Å². The molecule has 0 saturated heterocycles. The lowest BCUT2D eigenvalue weighted by Crippen LogP contribution is -2.01. The van der Waals surface area contributed by atoms with Crippen LogP contribution in [0.3, 0.4) is 0 Å². The molecule has 0 saturated carbocycles. The summed E-state index contributed by atoms with van der Waals surface area (Å²) < 4.78 is 3.38. The van der Waals surface area contributed by atoms with E-state index in [0.717, 1.165) is 15.8 Å². The van der Waals surface area contributed by atoms with Crippen LogP contribution in [0.2, 0.25) is 0 Å². The summed E-state index contributed by atoms with van der Waals surface area (Å²) in [4.78, 5) is 0. The third kappa shape index (κ3) is 2.04. The van der Waals surface area contributed by atoms with Crippen LogP contribution in [0.15, 0.2) is 39.5 Å². The van der Waals surface area contributed by atoms with E-state index in [-0.39, 0.29) is 0 Å². The van der Waals surface area contributed by atoms with Crippen LogP contribution in [-0.2, 0) is 6.54 Å². The molecule has 2 aromatic rings. The highest BCUT2D eigenvalue weighted by atomic mass is 79.9. The third-order valence-electron chi connectivity index (χ3n) is 1.81. The van der Waals surface area contributed by atoms with E-state index in [9.17, 15) is 0 Å². The highest BCUT2D eigenvalue weighted by Gasteiger charge is 2.06. The average molecular weight is 317 g/mol. The van der Waals surface area contributed by atoms with E-state index in [0.29, 0.717) is 0 Å². The van der Waals surface area contributed by atoms with Crippen molar-refractivity contribution in [3.8, 4) is 0 Å². The van der Waals surface area contributed by atoms with Crippen molar-refractivity contribution in [3.63, 3.8) is 0 Å². The van der Waals surface area contributed by atoms with Gasteiger partial charge in [0.1, 0.15) is 4.60 Å². The third-order valence-corrected chi connectivity index (χ3v) is 3.66. The van der Waals surface area contributed by atoms with Crippen LogP contribution in [0, 0.1) is 0 Å². The van der Waals surface area contributed by atoms with Gasteiger partial charge < -0.3 is 0 Å². The fraction of sp³-hybridized carbons (Fsp3) is 0.111. The molecule has 0 aliphatic rings. The molecule has 0 unspecified atom stereocenters. The average Bonchev–Trinajstić information content (AvgIpc) is 2.52. The fourth-order valence-corrected chi connectivity index (χ4v) is 1.69. The monoisotopic (exact) mass is 315 g/mol. The van der Waals surface area contributed by atoms with Crippen molar-refractivity contribution in [3.05, 3.63) is 45.1 Å². The molecule has 0 bridgehead atoms. The highest BCUT2D eigenvalue weighted by molar-refractivity contribution is 9.13. The molecule has 0 spiro atoms. The Labute approximate surface area is 98.4 Å². The molecule has 0 atom stereocenters. The molecular weight excluding hydrogens is 310 g/mol. The van der Waals surface area contributed by atoms with Crippen LogP contribution in [-0.4, -0.2) is 15.0 Å². The van der Waals surface area contributed by atoms with Gasteiger partial charge in [-0.2, -0.15) is 0 Å². The second kappa shape index (κ2) is 4.23. The molecular formula is C9H7Br2N3. The fourth-order valence-electron chi connectivity index (χ4n) is 1.14. The minimum absolute atomic E-state index is 0.722. The first-order valence-corrected chi connectivity index (χ1v) is 5.64. The molecule has 0 amide bonds. The quantitative estimate of drug-likeness (QED) is 0.853. The maximum Gasteiger partial charge on any atom is 0.162 e. The number of hydrogen-bond donors (Lipinski definition) is 0. The van der Waals surface area contributed by atoms with Crippen molar-refractivity contribution < 1.29 is 0 Å². The first kappa shape index (κ1) is 9.86. The summed E-state index contributed by atoms with van der Waals surface area (Å²) in [5.74, 6) is 0. The predicted molar refractivity (Wildman–Crippen MR) is 61.0 cm³/mol. The maximum absolute atomic E-state index is 3.98. The zero-order chi connectivity index (χ0) is 9.97. The number of halogens is 2. The molecule has 72 valence electrons. The number of aromatic nitrogens is 3. The molecule has 0 aliphatic heterocycles. The van der Waals surface area contributed by atoms with Crippen molar-refractivity contribution >= 4 is 31.9 Å². The molecule has 1 heterocycles. The topological polar surface area (TPSA) is 30.7 Å². The second-order valence-corrected chi connectivity index (χ2v) is 4.32. The van der Waals surface area contributed by atoms with E-state index >= 15 is 0 Å². The first-order valence-electron chi connectivity index (χ1n) is 4.06. The summed E-state index contributed by atoms with van der Waals surface area (Å²) in [5.41, 5.74) is 1.20. The van der Waals surface area contributed by atoms with Crippen molar-refractivity contribution in [1.82, 2.24) is 15.0 Å². The maximum atomic E-state index is 3.98.